The lowest BCUT2D eigenvalue weighted by atomic mass is 9.99. The second-order valence-corrected chi connectivity index (χ2v) is 7.95. The minimum Gasteiger partial charge on any atom is -0.491 e. The highest BCUT2D eigenvalue weighted by atomic mass is 35.5. The van der Waals surface area contributed by atoms with E-state index in [9.17, 15) is 9.00 Å². The number of rotatable bonds is 6. The molecule has 0 fully saturated rings. The van der Waals surface area contributed by atoms with Gasteiger partial charge in [-0.05, 0) is 43.2 Å². The molecule has 1 unspecified atom stereocenters. The van der Waals surface area contributed by atoms with Gasteiger partial charge >= 0.3 is 5.97 Å². The van der Waals surface area contributed by atoms with Gasteiger partial charge in [-0.2, -0.15) is 4.98 Å². The minimum atomic E-state index is -1.74. The fraction of sp³-hybridized carbons (Fsp3) is 0.190. The van der Waals surface area contributed by atoms with Crippen LogP contribution in [-0.4, -0.2) is 34.4 Å². The molecule has 3 aromatic rings. The van der Waals surface area contributed by atoms with E-state index >= 15 is 0 Å². The summed E-state index contributed by atoms with van der Waals surface area (Å²) in [5, 5.41) is 0.0907. The monoisotopic (exact) mass is 445 g/mol. The molecule has 1 atom stereocenters. The number of esters is 1. The number of hydrogen-bond acceptors (Lipinski definition) is 6. The lowest BCUT2D eigenvalue weighted by Gasteiger charge is -2.15. The minimum absolute atomic E-state index is 0.0697. The van der Waals surface area contributed by atoms with Crippen LogP contribution in [0, 0.1) is 13.8 Å². The molecule has 1 aromatic heterocycles. The predicted molar refractivity (Wildman–Crippen MR) is 116 cm³/mol. The van der Waals surface area contributed by atoms with E-state index in [4.69, 9.17) is 21.1 Å². The Hall–Kier alpha value is -2.97. The molecule has 0 saturated carbocycles. The lowest BCUT2D eigenvalue weighted by molar-refractivity contribution is 0.0600. The van der Waals surface area contributed by atoms with Crippen molar-refractivity contribution in [1.29, 1.82) is 0 Å². The topological polar surface area (TPSA) is 90.4 Å². The molecule has 0 aliphatic rings. The van der Waals surface area contributed by atoms with E-state index in [0.29, 0.717) is 16.3 Å². The number of nitrogens with one attached hydrogen (secondary N) is 1. The summed E-state index contributed by atoms with van der Waals surface area (Å²) in [7, 11) is 1.04. The van der Waals surface area contributed by atoms with Gasteiger partial charge in [-0.15, -0.1) is 0 Å². The Morgan fingerprint density at radius 1 is 1.07 bits per heavy atom. The molecule has 0 aliphatic heterocycles. The summed E-state index contributed by atoms with van der Waals surface area (Å²) in [4.78, 5) is 20.8. The highest BCUT2D eigenvalue weighted by molar-refractivity contribution is 7.86. The molecule has 1 N–H and O–H groups in total. The smallest absolute Gasteiger partial charge is 0.337 e. The van der Waals surface area contributed by atoms with Gasteiger partial charge in [0.05, 0.1) is 24.7 Å². The molecule has 0 bridgehead atoms. The number of carbonyl (C=O) groups excluding carboxylic acids is 1. The van der Waals surface area contributed by atoms with Gasteiger partial charge in [0, 0.05) is 5.56 Å². The number of benzene rings is 2. The Labute approximate surface area is 182 Å². The van der Waals surface area contributed by atoms with E-state index in [2.05, 4.69) is 14.7 Å². The van der Waals surface area contributed by atoms with Gasteiger partial charge in [0.15, 0.2) is 21.9 Å². The molecule has 1 heterocycles. The largest absolute Gasteiger partial charge is 0.491 e. The Bertz CT molecular complexity index is 1120. The van der Waals surface area contributed by atoms with Crippen molar-refractivity contribution in [2.75, 3.05) is 18.9 Å². The molecule has 0 spiro atoms. The zero-order valence-electron chi connectivity index (χ0n) is 16.9. The fourth-order valence-corrected chi connectivity index (χ4v) is 4.06. The van der Waals surface area contributed by atoms with Crippen molar-refractivity contribution in [1.82, 2.24) is 9.97 Å². The summed E-state index contributed by atoms with van der Waals surface area (Å²) in [6.45, 7) is 3.92. The second kappa shape index (κ2) is 9.23. The van der Waals surface area contributed by atoms with Crippen molar-refractivity contribution in [2.24, 2.45) is 0 Å². The Kier molecular flexibility index (Phi) is 6.69. The molecule has 7 nitrogen and oxygen atoms in total. The van der Waals surface area contributed by atoms with Crippen molar-refractivity contribution in [3.8, 4) is 17.0 Å². The van der Waals surface area contributed by atoms with Crippen LogP contribution in [0.1, 0.15) is 21.5 Å². The maximum atomic E-state index is 12.8. The Morgan fingerprint density at radius 3 is 2.37 bits per heavy atom. The van der Waals surface area contributed by atoms with Crippen molar-refractivity contribution in [2.45, 2.75) is 18.7 Å². The molecule has 0 amide bonds. The van der Waals surface area contributed by atoms with E-state index < -0.39 is 17.0 Å². The number of aryl methyl sites for hydroxylation is 2. The zero-order chi connectivity index (χ0) is 21.8. The van der Waals surface area contributed by atoms with Crippen LogP contribution in [0.2, 0.25) is 5.15 Å². The number of nitrogens with zero attached hydrogens (tertiary/aromatic N) is 2. The number of carbonyl (C=O) groups is 1. The molecule has 0 aliphatic carbocycles. The third-order valence-electron chi connectivity index (χ3n) is 4.40. The number of methoxy groups -OCH3 is 2. The van der Waals surface area contributed by atoms with Gasteiger partial charge in [-0.3, -0.25) is 4.72 Å². The van der Waals surface area contributed by atoms with E-state index in [1.54, 1.807) is 18.2 Å². The second-order valence-electron chi connectivity index (χ2n) is 6.38. The fourth-order valence-electron chi connectivity index (χ4n) is 3.01. The third-order valence-corrected chi connectivity index (χ3v) is 5.71. The van der Waals surface area contributed by atoms with Crippen molar-refractivity contribution >= 4 is 34.5 Å². The van der Waals surface area contributed by atoms with E-state index in [0.717, 1.165) is 16.7 Å². The Balaban J connectivity index is 2.01. The van der Waals surface area contributed by atoms with Crippen LogP contribution in [-0.2, 0) is 15.7 Å². The molecular formula is C21H20ClN3O4S. The number of ether oxygens (including phenoxy) is 2. The summed E-state index contributed by atoms with van der Waals surface area (Å²) in [5.41, 5.74) is 3.62. The first kappa shape index (κ1) is 21.7. The highest BCUT2D eigenvalue weighted by Crippen LogP contribution is 2.37. The molecule has 156 valence electrons. The predicted octanol–water partition coefficient (Wildman–Crippen LogP) is 4.34. The van der Waals surface area contributed by atoms with Gasteiger partial charge in [0.2, 0.25) is 5.95 Å². The van der Waals surface area contributed by atoms with Crippen LogP contribution in [0.4, 0.5) is 5.95 Å². The number of aromatic nitrogens is 2. The molecule has 9 heteroatoms. The number of halogens is 1. The molecule has 3 rings (SSSR count). The van der Waals surface area contributed by atoms with Gasteiger partial charge in [0.1, 0.15) is 5.69 Å². The van der Waals surface area contributed by atoms with Gasteiger partial charge in [-0.1, -0.05) is 35.9 Å². The normalized spacial score (nSPS) is 11.6. The van der Waals surface area contributed by atoms with Crippen LogP contribution in [0.15, 0.2) is 47.4 Å². The number of anilines is 1. The summed E-state index contributed by atoms with van der Waals surface area (Å²) < 4.78 is 25.7. The molecule has 0 saturated heterocycles. The SMILES string of the molecule is COC(=O)c1cccc(S(=O)Nc2nc(Cl)c(OC)c(-c3c(C)cccc3C)n2)c1. The van der Waals surface area contributed by atoms with Gasteiger partial charge in [0.25, 0.3) is 0 Å². The summed E-state index contributed by atoms with van der Waals surface area (Å²) in [5.74, 6) is -0.117. The van der Waals surface area contributed by atoms with Crippen LogP contribution in [0.3, 0.4) is 0 Å². The number of hydrogen-bond donors (Lipinski definition) is 1. The zero-order valence-corrected chi connectivity index (χ0v) is 18.4. The summed E-state index contributed by atoms with van der Waals surface area (Å²) >= 11 is 6.33. The molecule has 30 heavy (non-hydrogen) atoms. The van der Waals surface area contributed by atoms with Crippen LogP contribution in [0.5, 0.6) is 5.75 Å². The van der Waals surface area contributed by atoms with Crippen LogP contribution in [0.25, 0.3) is 11.3 Å². The quantitative estimate of drug-likeness (QED) is 0.448. The first-order valence-corrected chi connectivity index (χ1v) is 10.4. The molecule has 0 radical (unpaired) electrons. The third kappa shape index (κ3) is 4.44. The van der Waals surface area contributed by atoms with E-state index in [-0.39, 0.29) is 16.7 Å². The summed E-state index contributed by atoms with van der Waals surface area (Å²) in [6.07, 6.45) is 0. The van der Waals surface area contributed by atoms with E-state index in [1.807, 2.05) is 32.0 Å². The average molecular weight is 446 g/mol. The van der Waals surface area contributed by atoms with Gasteiger partial charge in [-0.25, -0.2) is 14.0 Å². The first-order chi connectivity index (χ1) is 14.3. The van der Waals surface area contributed by atoms with E-state index in [1.165, 1.54) is 20.3 Å². The summed E-state index contributed by atoms with van der Waals surface area (Å²) in [6, 6.07) is 12.2. The van der Waals surface area contributed by atoms with Crippen molar-refractivity contribution < 1.29 is 18.5 Å². The lowest BCUT2D eigenvalue weighted by Crippen LogP contribution is -2.11. The van der Waals surface area contributed by atoms with Crippen LogP contribution >= 0.6 is 11.6 Å². The Morgan fingerprint density at radius 2 is 1.73 bits per heavy atom. The molecule has 2 aromatic carbocycles. The first-order valence-electron chi connectivity index (χ1n) is 8.90. The van der Waals surface area contributed by atoms with Gasteiger partial charge < -0.3 is 9.47 Å². The van der Waals surface area contributed by atoms with Crippen molar-refractivity contribution in [3.63, 3.8) is 0 Å². The average Bonchev–Trinajstić information content (AvgIpc) is 2.73. The molecular weight excluding hydrogens is 426 g/mol. The van der Waals surface area contributed by atoms with Crippen LogP contribution < -0.4 is 9.46 Å². The highest BCUT2D eigenvalue weighted by Gasteiger charge is 2.20. The maximum Gasteiger partial charge on any atom is 0.337 e. The van der Waals surface area contributed by atoms with Crippen molar-refractivity contribution in [3.05, 3.63) is 64.3 Å². The standard InChI is InChI=1S/C21H20ClN3O4S/c1-12-7-5-8-13(2)16(12)17-18(28-3)19(22)24-21(23-17)25-30(27)15-10-6-9-14(11-15)20(26)29-4/h5-11H,1-4H3,(H,23,24,25). The maximum absolute atomic E-state index is 12.8.